The predicted octanol–water partition coefficient (Wildman–Crippen LogP) is 3.64. The molecule has 1 aliphatic heterocycles. The molecular formula is C27H32N2O6. The Balaban J connectivity index is 1.13. The van der Waals surface area contributed by atoms with Crippen LogP contribution in [0.1, 0.15) is 43.2 Å². The highest BCUT2D eigenvalue weighted by molar-refractivity contribution is 5.79. The van der Waals surface area contributed by atoms with Crippen molar-refractivity contribution in [3.05, 3.63) is 59.7 Å². The van der Waals surface area contributed by atoms with Crippen LogP contribution in [0.15, 0.2) is 48.5 Å². The first-order chi connectivity index (χ1) is 17.0. The standard InChI is InChI=1S/C27H32N2O6/c1-18-16-19(26(31)32)10-13-29(18)25(30)11-14-34-15-12-28-27(33)35-17-24-22-8-4-2-6-20(22)21-7-3-5-9-23(21)24/h2-9,18-19,24H,10-17H2,1H3,(H,28,33)(H,31,32). The molecule has 2 aliphatic rings. The number of carboxylic acid groups (broad SMARTS) is 1. The van der Waals surface area contributed by atoms with Crippen LogP contribution >= 0.6 is 0 Å². The zero-order valence-electron chi connectivity index (χ0n) is 19.9. The smallest absolute Gasteiger partial charge is 0.407 e. The zero-order valence-corrected chi connectivity index (χ0v) is 19.9. The van der Waals surface area contributed by atoms with E-state index in [1.165, 1.54) is 11.1 Å². The first-order valence-corrected chi connectivity index (χ1v) is 12.1. The van der Waals surface area contributed by atoms with Crippen molar-refractivity contribution in [1.82, 2.24) is 10.2 Å². The Hall–Kier alpha value is -3.39. The molecule has 4 rings (SSSR count). The third-order valence-electron chi connectivity index (χ3n) is 6.87. The van der Waals surface area contributed by atoms with Gasteiger partial charge in [-0.15, -0.1) is 0 Å². The number of hydrogen-bond donors (Lipinski definition) is 2. The number of piperidine rings is 1. The van der Waals surface area contributed by atoms with Crippen molar-refractivity contribution in [2.24, 2.45) is 5.92 Å². The van der Waals surface area contributed by atoms with E-state index in [1.54, 1.807) is 4.90 Å². The van der Waals surface area contributed by atoms with Gasteiger partial charge in [0.1, 0.15) is 6.61 Å². The Kier molecular flexibility index (Phi) is 8.02. The number of amides is 2. The number of carbonyl (C=O) groups is 3. The lowest BCUT2D eigenvalue weighted by atomic mass is 9.91. The third-order valence-corrected chi connectivity index (χ3v) is 6.87. The Morgan fingerprint density at radius 1 is 1.03 bits per heavy atom. The van der Waals surface area contributed by atoms with Crippen molar-refractivity contribution in [1.29, 1.82) is 0 Å². The second-order valence-corrected chi connectivity index (χ2v) is 9.11. The summed E-state index contributed by atoms with van der Waals surface area (Å²) in [5, 5.41) is 11.8. The van der Waals surface area contributed by atoms with Gasteiger partial charge in [-0.25, -0.2) is 4.79 Å². The van der Waals surface area contributed by atoms with Gasteiger partial charge in [-0.05, 0) is 42.0 Å². The van der Waals surface area contributed by atoms with Crippen molar-refractivity contribution in [3.63, 3.8) is 0 Å². The van der Waals surface area contributed by atoms with Crippen LogP contribution in [0.2, 0.25) is 0 Å². The molecule has 1 aliphatic carbocycles. The molecule has 8 nitrogen and oxygen atoms in total. The maximum absolute atomic E-state index is 12.4. The topological polar surface area (TPSA) is 105 Å². The van der Waals surface area contributed by atoms with Gasteiger partial charge in [0.25, 0.3) is 0 Å². The molecule has 2 atom stereocenters. The number of nitrogens with one attached hydrogen (secondary N) is 1. The summed E-state index contributed by atoms with van der Waals surface area (Å²) in [5.74, 6) is -1.20. The van der Waals surface area contributed by atoms with Gasteiger partial charge in [-0.2, -0.15) is 0 Å². The molecule has 2 unspecified atom stereocenters. The lowest BCUT2D eigenvalue weighted by Crippen LogP contribution is -2.46. The Bertz CT molecular complexity index is 1030. The SMILES string of the molecule is CC1CC(C(=O)O)CCN1C(=O)CCOCCNC(=O)OCC1c2ccccc2-c2ccccc21. The molecule has 1 fully saturated rings. The van der Waals surface area contributed by atoms with Gasteiger partial charge in [0, 0.05) is 25.0 Å². The lowest BCUT2D eigenvalue weighted by Gasteiger charge is -2.36. The minimum atomic E-state index is -0.795. The van der Waals surface area contributed by atoms with Gasteiger partial charge >= 0.3 is 12.1 Å². The van der Waals surface area contributed by atoms with Gasteiger partial charge in [0.2, 0.25) is 5.91 Å². The third kappa shape index (κ3) is 5.82. The van der Waals surface area contributed by atoms with Crippen LogP contribution in [0.25, 0.3) is 11.1 Å². The zero-order chi connectivity index (χ0) is 24.8. The highest BCUT2D eigenvalue weighted by Gasteiger charge is 2.32. The summed E-state index contributed by atoms with van der Waals surface area (Å²) in [5.41, 5.74) is 4.69. The molecule has 0 saturated carbocycles. The van der Waals surface area contributed by atoms with E-state index in [9.17, 15) is 14.4 Å². The monoisotopic (exact) mass is 480 g/mol. The molecule has 2 aromatic rings. The maximum Gasteiger partial charge on any atom is 0.407 e. The number of benzene rings is 2. The summed E-state index contributed by atoms with van der Waals surface area (Å²) in [6.07, 6.45) is 0.691. The summed E-state index contributed by atoms with van der Waals surface area (Å²) in [4.78, 5) is 37.5. The molecule has 2 amide bonds. The summed E-state index contributed by atoms with van der Waals surface area (Å²) < 4.78 is 11.0. The fourth-order valence-corrected chi connectivity index (χ4v) is 5.05. The van der Waals surface area contributed by atoms with E-state index in [0.717, 1.165) is 11.1 Å². The molecule has 0 aromatic heterocycles. The van der Waals surface area contributed by atoms with Crippen LogP contribution in [-0.4, -0.2) is 66.9 Å². The second-order valence-electron chi connectivity index (χ2n) is 9.11. The normalized spacial score (nSPS) is 19.1. The number of carboxylic acids is 1. The van der Waals surface area contributed by atoms with E-state index in [0.29, 0.717) is 19.4 Å². The Morgan fingerprint density at radius 2 is 1.69 bits per heavy atom. The van der Waals surface area contributed by atoms with E-state index in [-0.39, 0.29) is 56.6 Å². The molecule has 8 heteroatoms. The van der Waals surface area contributed by atoms with Crippen molar-refractivity contribution >= 4 is 18.0 Å². The second kappa shape index (κ2) is 11.4. The quantitative estimate of drug-likeness (QED) is 0.531. The average molecular weight is 481 g/mol. The maximum atomic E-state index is 12.4. The summed E-state index contributed by atoms with van der Waals surface area (Å²) in [6.45, 7) is 3.40. The summed E-state index contributed by atoms with van der Waals surface area (Å²) >= 11 is 0. The van der Waals surface area contributed by atoms with Crippen LogP contribution in [0.4, 0.5) is 4.79 Å². The molecule has 0 radical (unpaired) electrons. The summed E-state index contributed by atoms with van der Waals surface area (Å²) in [6, 6.07) is 16.3. The molecule has 186 valence electrons. The Labute approximate surface area is 205 Å². The highest BCUT2D eigenvalue weighted by atomic mass is 16.5. The molecule has 0 spiro atoms. The van der Waals surface area contributed by atoms with E-state index in [4.69, 9.17) is 14.6 Å². The molecule has 1 saturated heterocycles. The number of rotatable bonds is 9. The van der Waals surface area contributed by atoms with E-state index in [2.05, 4.69) is 29.6 Å². The first-order valence-electron chi connectivity index (χ1n) is 12.1. The largest absolute Gasteiger partial charge is 0.481 e. The van der Waals surface area contributed by atoms with Crippen LogP contribution in [-0.2, 0) is 19.1 Å². The van der Waals surface area contributed by atoms with Crippen molar-refractivity contribution in [2.45, 2.75) is 38.1 Å². The summed E-state index contributed by atoms with van der Waals surface area (Å²) in [7, 11) is 0. The molecular weight excluding hydrogens is 448 g/mol. The van der Waals surface area contributed by atoms with Crippen molar-refractivity contribution < 1.29 is 29.0 Å². The Morgan fingerprint density at radius 3 is 2.31 bits per heavy atom. The van der Waals surface area contributed by atoms with E-state index >= 15 is 0 Å². The van der Waals surface area contributed by atoms with Crippen molar-refractivity contribution in [2.75, 3.05) is 32.9 Å². The molecule has 2 N–H and O–H groups in total. The molecule has 0 bridgehead atoms. The molecule has 1 heterocycles. The van der Waals surface area contributed by atoms with Crippen LogP contribution in [0, 0.1) is 5.92 Å². The minimum absolute atomic E-state index is 0.0124. The number of aliphatic carboxylic acids is 1. The van der Waals surface area contributed by atoms with Gasteiger partial charge in [0.15, 0.2) is 0 Å². The fourth-order valence-electron chi connectivity index (χ4n) is 5.05. The molecule has 2 aromatic carbocycles. The predicted molar refractivity (Wildman–Crippen MR) is 130 cm³/mol. The fraction of sp³-hybridized carbons (Fsp3) is 0.444. The first kappa shape index (κ1) is 24.7. The van der Waals surface area contributed by atoms with Crippen LogP contribution in [0.5, 0.6) is 0 Å². The molecule has 35 heavy (non-hydrogen) atoms. The van der Waals surface area contributed by atoms with E-state index in [1.807, 2.05) is 31.2 Å². The number of nitrogens with zero attached hydrogens (tertiary/aromatic N) is 1. The number of fused-ring (bicyclic) bond motifs is 3. The van der Waals surface area contributed by atoms with Crippen molar-refractivity contribution in [3.8, 4) is 11.1 Å². The number of carbonyl (C=O) groups excluding carboxylic acids is 2. The minimum Gasteiger partial charge on any atom is -0.481 e. The van der Waals surface area contributed by atoms with Gasteiger partial charge < -0.3 is 24.8 Å². The highest BCUT2D eigenvalue weighted by Crippen LogP contribution is 2.44. The number of hydrogen-bond acceptors (Lipinski definition) is 5. The van der Waals surface area contributed by atoms with Crippen LogP contribution in [0.3, 0.4) is 0 Å². The number of alkyl carbamates (subject to hydrolysis) is 1. The lowest BCUT2D eigenvalue weighted by molar-refractivity contribution is -0.147. The van der Waals surface area contributed by atoms with E-state index < -0.39 is 12.1 Å². The average Bonchev–Trinajstić information content (AvgIpc) is 3.18. The van der Waals surface area contributed by atoms with Gasteiger partial charge in [-0.1, -0.05) is 48.5 Å². The number of ether oxygens (including phenoxy) is 2. The number of likely N-dealkylation sites (tertiary alicyclic amines) is 1. The van der Waals surface area contributed by atoms with Gasteiger partial charge in [0.05, 0.1) is 25.6 Å². The van der Waals surface area contributed by atoms with Gasteiger partial charge in [-0.3, -0.25) is 9.59 Å². The van der Waals surface area contributed by atoms with Crippen LogP contribution < -0.4 is 5.32 Å².